The van der Waals surface area contributed by atoms with Crippen LogP contribution < -0.4 is 5.32 Å². The maximum Gasteiger partial charge on any atom is 0.214 e. The highest BCUT2D eigenvalue weighted by molar-refractivity contribution is 7.99. The van der Waals surface area contributed by atoms with E-state index in [0.717, 1.165) is 35.4 Å². The molecule has 0 fully saturated rings. The van der Waals surface area contributed by atoms with Gasteiger partial charge in [-0.3, -0.25) is 4.98 Å². The molecule has 0 bridgehead atoms. The number of benzene rings is 1. The van der Waals surface area contributed by atoms with Gasteiger partial charge in [0.25, 0.3) is 0 Å². The lowest BCUT2D eigenvalue weighted by Crippen LogP contribution is -2.17. The van der Waals surface area contributed by atoms with E-state index >= 15 is 0 Å². The van der Waals surface area contributed by atoms with E-state index in [-0.39, 0.29) is 24.8 Å². The van der Waals surface area contributed by atoms with Gasteiger partial charge in [-0.15, -0.1) is 29.9 Å². The van der Waals surface area contributed by atoms with Crippen LogP contribution in [0.15, 0.2) is 59.9 Å². The van der Waals surface area contributed by atoms with Crippen LogP contribution in [-0.2, 0) is 6.54 Å². The van der Waals surface area contributed by atoms with Gasteiger partial charge in [-0.2, -0.15) is 4.68 Å². The molecule has 0 aliphatic carbocycles. The van der Waals surface area contributed by atoms with Crippen molar-refractivity contribution in [3.8, 4) is 5.69 Å². The van der Waals surface area contributed by atoms with Gasteiger partial charge in [0, 0.05) is 25.0 Å². The number of para-hydroxylation sites is 1. The fourth-order valence-electron chi connectivity index (χ4n) is 1.93. The molecule has 0 atom stereocenters. The third-order valence-electron chi connectivity index (χ3n) is 2.98. The molecule has 0 aliphatic rings. The second kappa shape index (κ2) is 11.0. The van der Waals surface area contributed by atoms with E-state index in [0.29, 0.717) is 0 Å². The van der Waals surface area contributed by atoms with Gasteiger partial charge in [-0.25, -0.2) is 0 Å². The molecule has 0 amide bonds. The molecule has 2 aromatic heterocycles. The van der Waals surface area contributed by atoms with E-state index in [4.69, 9.17) is 0 Å². The summed E-state index contributed by atoms with van der Waals surface area (Å²) < 4.78 is 1.75. The lowest BCUT2D eigenvalue weighted by atomic mass is 10.3. The first-order chi connectivity index (χ1) is 10.9. The zero-order chi connectivity index (χ0) is 15.0. The Labute approximate surface area is 157 Å². The number of aromatic nitrogens is 5. The summed E-state index contributed by atoms with van der Waals surface area (Å²) in [4.78, 5) is 4.27. The Hall–Kier alpha value is -1.67. The SMILES string of the molecule is Cl.Cl.c1ccc(-n2nnnc2SCCNCc2ccccn2)cc1. The van der Waals surface area contributed by atoms with Gasteiger partial charge < -0.3 is 5.32 Å². The zero-order valence-electron chi connectivity index (χ0n) is 12.8. The zero-order valence-corrected chi connectivity index (χ0v) is 15.2. The Bertz CT molecular complexity index is 695. The number of halogens is 2. The standard InChI is InChI=1S/C15H16N6S.2ClH/c1-2-7-14(8-3-1)21-15(18-19-20-21)22-11-10-16-12-13-6-4-5-9-17-13;;/h1-9,16H,10-12H2;2*1H. The summed E-state index contributed by atoms with van der Waals surface area (Å²) in [5.41, 5.74) is 2.01. The minimum Gasteiger partial charge on any atom is -0.310 e. The molecule has 0 saturated carbocycles. The number of tetrazole rings is 1. The van der Waals surface area contributed by atoms with Crippen LogP contribution in [0.2, 0.25) is 0 Å². The molecule has 0 unspecified atom stereocenters. The molecule has 1 N–H and O–H groups in total. The molecular weight excluding hydrogens is 367 g/mol. The van der Waals surface area contributed by atoms with Crippen molar-refractivity contribution in [2.75, 3.05) is 12.3 Å². The number of nitrogens with zero attached hydrogens (tertiary/aromatic N) is 5. The summed E-state index contributed by atoms with van der Waals surface area (Å²) in [5, 5.41) is 16.0. The largest absolute Gasteiger partial charge is 0.310 e. The normalized spacial score (nSPS) is 9.83. The second-order valence-corrected chi connectivity index (χ2v) is 5.62. The van der Waals surface area contributed by atoms with Crippen molar-refractivity contribution in [3.05, 3.63) is 60.4 Å². The molecule has 128 valence electrons. The predicted octanol–water partition coefficient (Wildman–Crippen LogP) is 2.78. The van der Waals surface area contributed by atoms with Gasteiger partial charge in [-0.05, 0) is 34.7 Å². The Balaban J connectivity index is 0.00000144. The van der Waals surface area contributed by atoms with Gasteiger partial charge in [0.15, 0.2) is 0 Å². The molecule has 2 heterocycles. The van der Waals surface area contributed by atoms with E-state index < -0.39 is 0 Å². The molecule has 0 spiro atoms. The molecule has 9 heteroatoms. The summed E-state index contributed by atoms with van der Waals surface area (Å²) in [6.45, 7) is 1.63. The van der Waals surface area contributed by atoms with Crippen LogP contribution in [-0.4, -0.2) is 37.5 Å². The average molecular weight is 385 g/mol. The molecule has 0 aliphatic heterocycles. The van der Waals surface area contributed by atoms with Gasteiger partial charge in [0.05, 0.1) is 11.4 Å². The maximum absolute atomic E-state index is 4.27. The van der Waals surface area contributed by atoms with Crippen LogP contribution in [0, 0.1) is 0 Å². The molecule has 24 heavy (non-hydrogen) atoms. The number of hydrogen-bond donors (Lipinski definition) is 1. The van der Waals surface area contributed by atoms with E-state index in [1.165, 1.54) is 0 Å². The number of thioether (sulfide) groups is 1. The molecule has 3 rings (SSSR count). The average Bonchev–Trinajstić information content (AvgIpc) is 3.05. The number of pyridine rings is 1. The van der Waals surface area contributed by atoms with Crippen molar-refractivity contribution in [1.29, 1.82) is 0 Å². The van der Waals surface area contributed by atoms with E-state index in [1.54, 1.807) is 22.6 Å². The van der Waals surface area contributed by atoms with Crippen LogP contribution in [0.5, 0.6) is 0 Å². The van der Waals surface area contributed by atoms with E-state index in [9.17, 15) is 0 Å². The first-order valence-electron chi connectivity index (χ1n) is 7.01. The molecule has 0 radical (unpaired) electrons. The lowest BCUT2D eigenvalue weighted by Gasteiger charge is -2.05. The maximum atomic E-state index is 4.27. The Kier molecular flexibility index (Phi) is 9.33. The quantitative estimate of drug-likeness (QED) is 0.498. The third kappa shape index (κ3) is 5.76. The highest BCUT2D eigenvalue weighted by atomic mass is 35.5. The molecule has 0 saturated heterocycles. The van der Waals surface area contributed by atoms with Gasteiger partial charge >= 0.3 is 0 Å². The molecule has 3 aromatic rings. The lowest BCUT2D eigenvalue weighted by molar-refractivity contribution is 0.713. The van der Waals surface area contributed by atoms with E-state index in [1.807, 2.05) is 48.5 Å². The summed E-state index contributed by atoms with van der Waals surface area (Å²) in [7, 11) is 0. The molecule has 6 nitrogen and oxygen atoms in total. The minimum atomic E-state index is 0. The van der Waals surface area contributed by atoms with E-state index in [2.05, 4.69) is 25.8 Å². The summed E-state index contributed by atoms with van der Waals surface area (Å²) in [6.07, 6.45) is 1.81. The van der Waals surface area contributed by atoms with Crippen LogP contribution in [0.3, 0.4) is 0 Å². The van der Waals surface area contributed by atoms with Crippen molar-refractivity contribution in [2.45, 2.75) is 11.7 Å². The van der Waals surface area contributed by atoms with Gasteiger partial charge in [0.1, 0.15) is 0 Å². The van der Waals surface area contributed by atoms with Gasteiger partial charge in [0.2, 0.25) is 5.16 Å². The number of rotatable bonds is 7. The number of hydrogen-bond acceptors (Lipinski definition) is 6. The smallest absolute Gasteiger partial charge is 0.214 e. The van der Waals surface area contributed by atoms with Gasteiger partial charge in [-0.1, -0.05) is 36.0 Å². The first kappa shape index (κ1) is 20.4. The summed E-state index contributed by atoms with van der Waals surface area (Å²) >= 11 is 1.63. The topological polar surface area (TPSA) is 68.5 Å². The summed E-state index contributed by atoms with van der Waals surface area (Å²) in [5.74, 6) is 0.889. The molecular formula is C15H18Cl2N6S. The van der Waals surface area contributed by atoms with Crippen LogP contribution in [0.1, 0.15) is 5.69 Å². The molecule has 1 aromatic carbocycles. The highest BCUT2D eigenvalue weighted by Gasteiger charge is 2.07. The Morgan fingerprint density at radius 2 is 1.79 bits per heavy atom. The first-order valence-corrected chi connectivity index (χ1v) is 7.99. The van der Waals surface area contributed by atoms with Crippen molar-refractivity contribution in [1.82, 2.24) is 30.5 Å². The minimum absolute atomic E-state index is 0. The van der Waals surface area contributed by atoms with Crippen LogP contribution in [0.25, 0.3) is 5.69 Å². The van der Waals surface area contributed by atoms with Crippen molar-refractivity contribution >= 4 is 36.6 Å². The van der Waals surface area contributed by atoms with Crippen molar-refractivity contribution in [2.24, 2.45) is 0 Å². The predicted molar refractivity (Wildman–Crippen MR) is 100 cm³/mol. The van der Waals surface area contributed by atoms with Crippen LogP contribution >= 0.6 is 36.6 Å². The number of nitrogens with one attached hydrogen (secondary N) is 1. The van der Waals surface area contributed by atoms with Crippen molar-refractivity contribution in [3.63, 3.8) is 0 Å². The third-order valence-corrected chi connectivity index (χ3v) is 3.90. The summed E-state index contributed by atoms with van der Waals surface area (Å²) in [6, 6.07) is 15.8. The van der Waals surface area contributed by atoms with Crippen molar-refractivity contribution < 1.29 is 0 Å². The second-order valence-electron chi connectivity index (χ2n) is 4.56. The monoisotopic (exact) mass is 384 g/mol. The fourth-order valence-corrected chi connectivity index (χ4v) is 2.72. The fraction of sp³-hybridized carbons (Fsp3) is 0.200. The van der Waals surface area contributed by atoms with Crippen LogP contribution in [0.4, 0.5) is 0 Å². The highest BCUT2D eigenvalue weighted by Crippen LogP contribution is 2.17. The Morgan fingerprint density at radius 1 is 1.00 bits per heavy atom. The Morgan fingerprint density at radius 3 is 2.54 bits per heavy atom.